The number of aryl methyl sites for hydroxylation is 1. The molecule has 1 saturated heterocycles. The Hall–Kier alpha value is -3.02. The van der Waals surface area contributed by atoms with Gasteiger partial charge in [-0.25, -0.2) is 0 Å². The first-order valence-electron chi connectivity index (χ1n) is 9.35. The van der Waals surface area contributed by atoms with Gasteiger partial charge in [0.1, 0.15) is 11.9 Å². The van der Waals surface area contributed by atoms with Crippen molar-refractivity contribution in [3.05, 3.63) is 64.2 Å². The molecule has 2 aromatic heterocycles. The van der Waals surface area contributed by atoms with E-state index < -0.39 is 0 Å². The number of nitrogens with one attached hydrogen (secondary N) is 1. The summed E-state index contributed by atoms with van der Waals surface area (Å²) in [4.78, 5) is 29.8. The first kappa shape index (κ1) is 16.2. The zero-order chi connectivity index (χ0) is 18.5. The van der Waals surface area contributed by atoms with E-state index in [9.17, 15) is 9.59 Å². The summed E-state index contributed by atoms with van der Waals surface area (Å²) >= 11 is 0. The average Bonchev–Trinajstić information content (AvgIpc) is 3.31. The Morgan fingerprint density at radius 2 is 1.96 bits per heavy atom. The van der Waals surface area contributed by atoms with Crippen molar-refractivity contribution in [3.63, 3.8) is 0 Å². The number of ether oxygens (including phenoxy) is 1. The summed E-state index contributed by atoms with van der Waals surface area (Å²) in [6.07, 6.45) is 3.95. The van der Waals surface area contributed by atoms with Crippen molar-refractivity contribution < 1.29 is 9.53 Å². The molecule has 1 aliphatic carbocycles. The SMILES string of the molecule is Cc1cc(OC2CN(C(=O)c3ccc4cc[nH]c4c3)C2)cc(=O)n1C1CC1. The Balaban J connectivity index is 1.24. The van der Waals surface area contributed by atoms with E-state index in [0.29, 0.717) is 30.4 Å². The maximum Gasteiger partial charge on any atom is 0.254 e. The van der Waals surface area contributed by atoms with Gasteiger partial charge in [-0.2, -0.15) is 0 Å². The van der Waals surface area contributed by atoms with Crippen LogP contribution in [-0.4, -0.2) is 39.6 Å². The number of hydrogen-bond donors (Lipinski definition) is 1. The number of amides is 1. The van der Waals surface area contributed by atoms with Gasteiger partial charge >= 0.3 is 0 Å². The Labute approximate surface area is 156 Å². The van der Waals surface area contributed by atoms with E-state index in [1.807, 2.05) is 48.0 Å². The third-order valence-corrected chi connectivity index (χ3v) is 5.39. The minimum absolute atomic E-state index is 0.000920. The molecule has 0 unspecified atom stereocenters. The predicted octanol–water partition coefficient (Wildman–Crippen LogP) is 2.88. The van der Waals surface area contributed by atoms with Crippen molar-refractivity contribution in [1.29, 1.82) is 0 Å². The minimum Gasteiger partial charge on any atom is -0.486 e. The molecule has 6 heteroatoms. The number of benzene rings is 1. The van der Waals surface area contributed by atoms with Crippen LogP contribution in [0.3, 0.4) is 0 Å². The van der Waals surface area contributed by atoms with E-state index in [-0.39, 0.29) is 17.6 Å². The van der Waals surface area contributed by atoms with Gasteiger partial charge in [-0.15, -0.1) is 0 Å². The lowest BCUT2D eigenvalue weighted by Crippen LogP contribution is -2.56. The summed E-state index contributed by atoms with van der Waals surface area (Å²) in [6.45, 7) is 3.01. The van der Waals surface area contributed by atoms with Crippen LogP contribution >= 0.6 is 0 Å². The molecule has 1 saturated carbocycles. The Kier molecular flexibility index (Phi) is 3.60. The Bertz CT molecular complexity index is 1090. The molecule has 1 aliphatic heterocycles. The minimum atomic E-state index is -0.0706. The standard InChI is InChI=1S/C21H21N3O3/c1-13-8-17(10-20(25)24(13)16-4-5-16)27-18-11-23(12-18)21(26)15-3-2-14-6-7-22-19(14)9-15/h2-3,6-10,16,18,22H,4-5,11-12H2,1H3. The topological polar surface area (TPSA) is 67.3 Å². The summed E-state index contributed by atoms with van der Waals surface area (Å²) < 4.78 is 7.78. The summed E-state index contributed by atoms with van der Waals surface area (Å²) in [6, 6.07) is 11.5. The van der Waals surface area contributed by atoms with Gasteiger partial charge in [0.05, 0.1) is 13.1 Å². The van der Waals surface area contributed by atoms with Gasteiger partial charge in [0.2, 0.25) is 0 Å². The van der Waals surface area contributed by atoms with E-state index in [4.69, 9.17) is 4.74 Å². The van der Waals surface area contributed by atoms with Crippen LogP contribution in [0.2, 0.25) is 0 Å². The van der Waals surface area contributed by atoms with Gasteiger partial charge in [0, 0.05) is 35.1 Å². The number of nitrogens with zero attached hydrogens (tertiary/aromatic N) is 2. The van der Waals surface area contributed by atoms with Gasteiger partial charge in [-0.1, -0.05) is 6.07 Å². The molecule has 5 rings (SSSR count). The monoisotopic (exact) mass is 363 g/mol. The quantitative estimate of drug-likeness (QED) is 0.775. The maximum atomic E-state index is 12.6. The van der Waals surface area contributed by atoms with Gasteiger partial charge in [-0.3, -0.25) is 9.59 Å². The molecular weight excluding hydrogens is 342 g/mol. The predicted molar refractivity (Wildman–Crippen MR) is 102 cm³/mol. The zero-order valence-corrected chi connectivity index (χ0v) is 15.1. The molecule has 138 valence electrons. The number of likely N-dealkylation sites (tertiary alicyclic amines) is 1. The molecule has 0 atom stereocenters. The van der Waals surface area contributed by atoms with E-state index in [1.165, 1.54) is 0 Å². The van der Waals surface area contributed by atoms with Gasteiger partial charge in [0.15, 0.2) is 0 Å². The van der Waals surface area contributed by atoms with Gasteiger partial charge in [-0.05, 0) is 49.4 Å². The fourth-order valence-electron chi connectivity index (χ4n) is 3.79. The fraction of sp³-hybridized carbons (Fsp3) is 0.333. The van der Waals surface area contributed by atoms with Gasteiger partial charge < -0.3 is 19.2 Å². The maximum absolute atomic E-state index is 12.6. The molecule has 0 bridgehead atoms. The average molecular weight is 363 g/mol. The highest BCUT2D eigenvalue weighted by molar-refractivity contribution is 5.98. The molecule has 6 nitrogen and oxygen atoms in total. The third-order valence-electron chi connectivity index (χ3n) is 5.39. The van der Waals surface area contributed by atoms with Crippen LogP contribution in [0.15, 0.2) is 47.4 Å². The summed E-state index contributed by atoms with van der Waals surface area (Å²) in [7, 11) is 0. The first-order chi connectivity index (χ1) is 13.1. The highest BCUT2D eigenvalue weighted by atomic mass is 16.5. The lowest BCUT2D eigenvalue weighted by Gasteiger charge is -2.39. The van der Waals surface area contributed by atoms with Crippen LogP contribution in [0.1, 0.15) is 34.9 Å². The number of pyridine rings is 1. The number of aromatic amines is 1. The fourth-order valence-corrected chi connectivity index (χ4v) is 3.79. The van der Waals surface area contributed by atoms with Crippen LogP contribution in [0.25, 0.3) is 10.9 Å². The molecule has 2 aliphatic rings. The molecular formula is C21H21N3O3. The number of hydrogen-bond acceptors (Lipinski definition) is 3. The molecule has 0 radical (unpaired) electrons. The third kappa shape index (κ3) is 2.91. The lowest BCUT2D eigenvalue weighted by molar-refractivity contribution is 0.0176. The summed E-state index contributed by atoms with van der Waals surface area (Å²) in [5.41, 5.74) is 2.57. The molecule has 1 amide bonds. The lowest BCUT2D eigenvalue weighted by atomic mass is 10.1. The zero-order valence-electron chi connectivity index (χ0n) is 15.1. The second kappa shape index (κ2) is 6.01. The van der Waals surface area contributed by atoms with Crippen LogP contribution in [0.5, 0.6) is 5.75 Å². The molecule has 0 spiro atoms. The van der Waals surface area contributed by atoms with E-state index in [1.54, 1.807) is 11.0 Å². The number of rotatable bonds is 4. The number of fused-ring (bicyclic) bond motifs is 1. The molecule has 2 fully saturated rings. The number of carbonyl (C=O) groups is 1. The highest BCUT2D eigenvalue weighted by Crippen LogP contribution is 2.35. The number of aromatic nitrogens is 2. The second-order valence-electron chi connectivity index (χ2n) is 7.50. The second-order valence-corrected chi connectivity index (χ2v) is 7.50. The van der Waals surface area contributed by atoms with Crippen LogP contribution in [-0.2, 0) is 0 Å². The normalized spacial score (nSPS) is 17.1. The molecule has 3 heterocycles. The van der Waals surface area contributed by atoms with Crippen molar-refractivity contribution >= 4 is 16.8 Å². The van der Waals surface area contributed by atoms with Gasteiger partial charge in [0.25, 0.3) is 11.5 Å². The van der Waals surface area contributed by atoms with E-state index >= 15 is 0 Å². The van der Waals surface area contributed by atoms with E-state index in [0.717, 1.165) is 29.4 Å². The largest absolute Gasteiger partial charge is 0.486 e. The van der Waals surface area contributed by atoms with E-state index in [2.05, 4.69) is 4.98 Å². The number of H-pyrrole nitrogens is 1. The van der Waals surface area contributed by atoms with Crippen LogP contribution in [0, 0.1) is 6.92 Å². The Morgan fingerprint density at radius 1 is 1.15 bits per heavy atom. The number of carbonyl (C=O) groups excluding carboxylic acids is 1. The van der Waals surface area contributed by atoms with Crippen molar-refractivity contribution in [1.82, 2.24) is 14.5 Å². The summed E-state index contributed by atoms with van der Waals surface area (Å²) in [5, 5.41) is 1.09. The van der Waals surface area contributed by atoms with Crippen LogP contribution < -0.4 is 10.3 Å². The van der Waals surface area contributed by atoms with Crippen LogP contribution in [0.4, 0.5) is 0 Å². The van der Waals surface area contributed by atoms with Crippen molar-refractivity contribution in [2.75, 3.05) is 13.1 Å². The molecule has 27 heavy (non-hydrogen) atoms. The van der Waals surface area contributed by atoms with Crippen molar-refractivity contribution in [3.8, 4) is 5.75 Å². The molecule has 1 aromatic carbocycles. The first-order valence-corrected chi connectivity index (χ1v) is 9.35. The smallest absolute Gasteiger partial charge is 0.254 e. The van der Waals surface area contributed by atoms with Crippen molar-refractivity contribution in [2.24, 2.45) is 0 Å². The highest BCUT2D eigenvalue weighted by Gasteiger charge is 2.33. The van der Waals surface area contributed by atoms with Crippen molar-refractivity contribution in [2.45, 2.75) is 31.9 Å². The molecule has 1 N–H and O–H groups in total. The summed E-state index contributed by atoms with van der Waals surface area (Å²) in [5.74, 6) is 0.603. The Morgan fingerprint density at radius 3 is 2.70 bits per heavy atom. The molecule has 3 aromatic rings.